The SMILES string of the molecule is O=C(c1ccc2n[nH]nc2c1)N1CCC[C@@H](c2nccs2)C1. The smallest absolute Gasteiger partial charge is 0.253 e. The molecule has 3 aromatic rings. The van der Waals surface area contributed by atoms with Crippen LogP contribution in [-0.4, -0.2) is 44.3 Å². The van der Waals surface area contributed by atoms with Crippen molar-refractivity contribution in [3.8, 4) is 0 Å². The lowest BCUT2D eigenvalue weighted by Crippen LogP contribution is -2.39. The quantitative estimate of drug-likeness (QED) is 0.788. The summed E-state index contributed by atoms with van der Waals surface area (Å²) in [6.07, 6.45) is 3.95. The number of amides is 1. The molecule has 0 aliphatic carbocycles. The Bertz CT molecular complexity index is 797. The molecule has 1 N–H and O–H groups in total. The zero-order chi connectivity index (χ0) is 14.9. The van der Waals surface area contributed by atoms with Crippen molar-refractivity contribution in [1.82, 2.24) is 25.3 Å². The van der Waals surface area contributed by atoms with Crippen molar-refractivity contribution in [2.75, 3.05) is 13.1 Å². The lowest BCUT2D eigenvalue weighted by atomic mass is 9.98. The average Bonchev–Trinajstić information content (AvgIpc) is 3.25. The van der Waals surface area contributed by atoms with Crippen LogP contribution in [0.15, 0.2) is 29.8 Å². The minimum Gasteiger partial charge on any atom is -0.338 e. The fraction of sp³-hybridized carbons (Fsp3) is 0.333. The van der Waals surface area contributed by atoms with Gasteiger partial charge in [-0.15, -0.1) is 11.3 Å². The van der Waals surface area contributed by atoms with Crippen LogP contribution in [0.25, 0.3) is 11.0 Å². The molecule has 1 aromatic carbocycles. The van der Waals surface area contributed by atoms with Gasteiger partial charge in [0, 0.05) is 36.1 Å². The summed E-state index contributed by atoms with van der Waals surface area (Å²) < 4.78 is 0. The van der Waals surface area contributed by atoms with Crippen LogP contribution < -0.4 is 0 Å². The minimum atomic E-state index is 0.0613. The number of fused-ring (bicyclic) bond motifs is 1. The van der Waals surface area contributed by atoms with Gasteiger partial charge >= 0.3 is 0 Å². The molecule has 1 aliphatic heterocycles. The number of aromatic nitrogens is 4. The predicted molar refractivity (Wildman–Crippen MR) is 83.9 cm³/mol. The third kappa shape index (κ3) is 2.37. The zero-order valence-corrected chi connectivity index (χ0v) is 12.7. The number of thiazole rings is 1. The lowest BCUT2D eigenvalue weighted by molar-refractivity contribution is 0.0707. The molecule has 4 rings (SSSR count). The minimum absolute atomic E-state index is 0.0613. The van der Waals surface area contributed by atoms with Crippen molar-refractivity contribution in [2.24, 2.45) is 0 Å². The number of nitrogens with zero attached hydrogens (tertiary/aromatic N) is 4. The summed E-state index contributed by atoms with van der Waals surface area (Å²) >= 11 is 1.67. The van der Waals surface area contributed by atoms with E-state index in [0.717, 1.165) is 42.0 Å². The Balaban J connectivity index is 1.56. The fourth-order valence-corrected chi connectivity index (χ4v) is 3.72. The van der Waals surface area contributed by atoms with Gasteiger partial charge in [-0.05, 0) is 31.0 Å². The highest BCUT2D eigenvalue weighted by atomic mass is 32.1. The molecule has 22 heavy (non-hydrogen) atoms. The molecule has 1 atom stereocenters. The molecule has 0 spiro atoms. The Kier molecular flexibility index (Phi) is 3.34. The number of nitrogens with one attached hydrogen (secondary N) is 1. The summed E-state index contributed by atoms with van der Waals surface area (Å²) in [6.45, 7) is 1.54. The van der Waals surface area contributed by atoms with E-state index in [1.54, 1.807) is 17.4 Å². The summed E-state index contributed by atoms with van der Waals surface area (Å²) in [4.78, 5) is 19.1. The van der Waals surface area contributed by atoms with E-state index in [1.165, 1.54) is 0 Å². The standard InChI is InChI=1S/C15H15N5OS/c21-15(10-3-4-12-13(8-10)18-19-17-12)20-6-1-2-11(9-20)14-16-5-7-22-14/h3-5,7-8,11H,1-2,6,9H2,(H,17,18,19)/t11-/m1/s1. The van der Waals surface area contributed by atoms with Crippen LogP contribution >= 0.6 is 11.3 Å². The second-order valence-corrected chi connectivity index (χ2v) is 6.41. The number of likely N-dealkylation sites (tertiary alicyclic amines) is 1. The van der Waals surface area contributed by atoms with Crippen molar-refractivity contribution in [2.45, 2.75) is 18.8 Å². The van der Waals surface area contributed by atoms with Gasteiger partial charge in [0.1, 0.15) is 11.0 Å². The molecule has 112 valence electrons. The van der Waals surface area contributed by atoms with E-state index >= 15 is 0 Å². The molecular formula is C15H15N5OS. The van der Waals surface area contributed by atoms with Crippen molar-refractivity contribution in [3.05, 3.63) is 40.3 Å². The summed E-state index contributed by atoms with van der Waals surface area (Å²) in [5, 5.41) is 13.8. The van der Waals surface area contributed by atoms with Crippen LogP contribution in [0, 0.1) is 0 Å². The molecule has 1 fully saturated rings. The number of hydrogen-bond donors (Lipinski definition) is 1. The Morgan fingerprint density at radius 2 is 2.23 bits per heavy atom. The number of carbonyl (C=O) groups is 1. The molecule has 0 unspecified atom stereocenters. The number of piperidine rings is 1. The largest absolute Gasteiger partial charge is 0.338 e. The van der Waals surface area contributed by atoms with Crippen LogP contribution in [0.2, 0.25) is 0 Å². The first-order valence-corrected chi connectivity index (χ1v) is 8.18. The van der Waals surface area contributed by atoms with Gasteiger partial charge in [-0.1, -0.05) is 0 Å². The topological polar surface area (TPSA) is 74.8 Å². The normalized spacial score (nSPS) is 18.7. The molecule has 3 heterocycles. The van der Waals surface area contributed by atoms with Gasteiger partial charge < -0.3 is 4.90 Å². The van der Waals surface area contributed by atoms with E-state index in [1.807, 2.05) is 28.6 Å². The van der Waals surface area contributed by atoms with Crippen molar-refractivity contribution >= 4 is 28.3 Å². The van der Waals surface area contributed by atoms with Gasteiger partial charge in [0.05, 0.1) is 5.01 Å². The second-order valence-electron chi connectivity index (χ2n) is 5.49. The first kappa shape index (κ1) is 13.4. The van der Waals surface area contributed by atoms with E-state index in [2.05, 4.69) is 20.4 Å². The van der Waals surface area contributed by atoms with E-state index in [4.69, 9.17) is 0 Å². The Morgan fingerprint density at radius 3 is 3.09 bits per heavy atom. The molecule has 1 saturated heterocycles. The van der Waals surface area contributed by atoms with E-state index in [9.17, 15) is 4.79 Å². The summed E-state index contributed by atoms with van der Waals surface area (Å²) in [5.74, 6) is 0.416. The van der Waals surface area contributed by atoms with Crippen molar-refractivity contribution in [1.29, 1.82) is 0 Å². The zero-order valence-electron chi connectivity index (χ0n) is 11.9. The number of rotatable bonds is 2. The third-order valence-corrected chi connectivity index (χ3v) is 5.01. The van der Waals surface area contributed by atoms with Gasteiger partial charge in [0.15, 0.2) is 0 Å². The summed E-state index contributed by atoms with van der Waals surface area (Å²) in [7, 11) is 0. The van der Waals surface area contributed by atoms with Gasteiger partial charge in [-0.3, -0.25) is 4.79 Å². The number of hydrogen-bond acceptors (Lipinski definition) is 5. The van der Waals surface area contributed by atoms with E-state index in [-0.39, 0.29) is 5.91 Å². The molecule has 2 aromatic heterocycles. The predicted octanol–water partition coefficient (Wildman–Crippen LogP) is 2.43. The maximum Gasteiger partial charge on any atom is 0.253 e. The van der Waals surface area contributed by atoms with Crippen molar-refractivity contribution < 1.29 is 4.79 Å². The van der Waals surface area contributed by atoms with Gasteiger partial charge in [0.25, 0.3) is 5.91 Å². The maximum absolute atomic E-state index is 12.7. The Labute approximate surface area is 131 Å². The molecular weight excluding hydrogens is 298 g/mol. The Hall–Kier alpha value is -2.28. The summed E-state index contributed by atoms with van der Waals surface area (Å²) in [5.41, 5.74) is 2.16. The molecule has 1 amide bonds. The lowest BCUT2D eigenvalue weighted by Gasteiger charge is -2.31. The number of benzene rings is 1. The molecule has 6 nitrogen and oxygen atoms in total. The van der Waals surface area contributed by atoms with Gasteiger partial charge in [-0.25, -0.2) is 4.98 Å². The molecule has 0 saturated carbocycles. The van der Waals surface area contributed by atoms with Crippen LogP contribution in [0.5, 0.6) is 0 Å². The summed E-state index contributed by atoms with van der Waals surface area (Å²) in [6, 6.07) is 5.45. The van der Waals surface area contributed by atoms with E-state index < -0.39 is 0 Å². The highest BCUT2D eigenvalue weighted by molar-refractivity contribution is 7.09. The third-order valence-electron chi connectivity index (χ3n) is 4.07. The Morgan fingerprint density at radius 1 is 1.32 bits per heavy atom. The maximum atomic E-state index is 12.7. The fourth-order valence-electron chi connectivity index (χ4n) is 2.96. The number of H-pyrrole nitrogens is 1. The van der Waals surface area contributed by atoms with Crippen LogP contribution in [0.1, 0.15) is 34.1 Å². The highest BCUT2D eigenvalue weighted by Gasteiger charge is 2.27. The van der Waals surface area contributed by atoms with Crippen molar-refractivity contribution in [3.63, 3.8) is 0 Å². The van der Waals surface area contributed by atoms with Crippen LogP contribution in [-0.2, 0) is 0 Å². The van der Waals surface area contributed by atoms with E-state index in [0.29, 0.717) is 11.5 Å². The average molecular weight is 313 g/mol. The van der Waals surface area contributed by atoms with Gasteiger partial charge in [0.2, 0.25) is 0 Å². The highest BCUT2D eigenvalue weighted by Crippen LogP contribution is 2.29. The monoisotopic (exact) mass is 313 g/mol. The van der Waals surface area contributed by atoms with Crippen LogP contribution in [0.4, 0.5) is 0 Å². The first-order valence-electron chi connectivity index (χ1n) is 7.30. The van der Waals surface area contributed by atoms with Crippen LogP contribution in [0.3, 0.4) is 0 Å². The molecule has 0 radical (unpaired) electrons. The number of carbonyl (C=O) groups excluding carboxylic acids is 1. The molecule has 7 heteroatoms. The second kappa shape index (κ2) is 5.49. The molecule has 0 bridgehead atoms. The molecule has 1 aliphatic rings. The number of aromatic amines is 1. The van der Waals surface area contributed by atoms with Gasteiger partial charge in [-0.2, -0.15) is 15.4 Å². The first-order chi connectivity index (χ1) is 10.8.